The molecule has 3 aliphatic rings. The molecule has 1 aromatic rings. The van der Waals surface area contributed by atoms with Crippen LogP contribution in [0.25, 0.3) is 0 Å². The molecule has 0 heterocycles. The summed E-state index contributed by atoms with van der Waals surface area (Å²) in [5, 5.41) is 19.9. The van der Waals surface area contributed by atoms with Gasteiger partial charge in [0.05, 0.1) is 12.0 Å². The maximum absolute atomic E-state index is 12.6. The van der Waals surface area contributed by atoms with Crippen molar-refractivity contribution in [1.29, 1.82) is 0 Å². The molecule has 0 saturated heterocycles. The van der Waals surface area contributed by atoms with E-state index >= 15 is 0 Å². The molecular weight excluding hydrogens is 420 g/mol. The van der Waals surface area contributed by atoms with Gasteiger partial charge in [-0.3, -0.25) is 4.79 Å². The van der Waals surface area contributed by atoms with Crippen LogP contribution in [-0.4, -0.2) is 41.0 Å². The van der Waals surface area contributed by atoms with Crippen molar-refractivity contribution in [3.05, 3.63) is 29.3 Å². The first-order valence-electron chi connectivity index (χ1n) is 12.8. The maximum Gasteiger partial charge on any atom is 0.341 e. The molecule has 33 heavy (non-hydrogen) atoms. The lowest BCUT2D eigenvalue weighted by Gasteiger charge is -2.33. The van der Waals surface area contributed by atoms with Crippen molar-refractivity contribution in [3.8, 4) is 5.75 Å². The first kappa shape index (κ1) is 24.1. The van der Waals surface area contributed by atoms with E-state index in [2.05, 4.69) is 13.0 Å². The van der Waals surface area contributed by atoms with E-state index in [9.17, 15) is 14.7 Å². The Morgan fingerprint density at radius 2 is 1.94 bits per heavy atom. The Bertz CT molecular complexity index is 830. The van der Waals surface area contributed by atoms with E-state index in [0.717, 1.165) is 69.8 Å². The third kappa shape index (κ3) is 5.71. The van der Waals surface area contributed by atoms with Crippen LogP contribution in [0.15, 0.2) is 18.2 Å². The maximum atomic E-state index is 12.6. The van der Waals surface area contributed by atoms with Gasteiger partial charge in [0.25, 0.3) is 0 Å². The minimum absolute atomic E-state index is 0.0214. The molecule has 0 amide bonds. The zero-order valence-electron chi connectivity index (χ0n) is 19.7. The molecule has 2 N–H and O–H groups in total. The number of benzene rings is 1. The Hall–Kier alpha value is -2.08. The van der Waals surface area contributed by atoms with Crippen molar-refractivity contribution < 1.29 is 29.3 Å². The van der Waals surface area contributed by atoms with Gasteiger partial charge in [-0.05, 0) is 86.3 Å². The van der Waals surface area contributed by atoms with Gasteiger partial charge in [0.2, 0.25) is 0 Å². The average molecular weight is 459 g/mol. The largest absolute Gasteiger partial charge is 0.482 e. The van der Waals surface area contributed by atoms with Gasteiger partial charge in [0.1, 0.15) is 11.9 Å². The SMILES string of the molecule is CC[C@@H](CC[C@@H]1[C@H]2Cc3cccc(OCC(=O)O)c3C[C@H]2C[C@H]1O)OC(=O)C1CCCCC1. The molecule has 6 nitrogen and oxygen atoms in total. The van der Waals surface area contributed by atoms with Crippen molar-refractivity contribution in [2.75, 3.05) is 6.61 Å². The van der Waals surface area contributed by atoms with Crippen LogP contribution in [0.1, 0.15) is 75.8 Å². The monoisotopic (exact) mass is 458 g/mol. The molecule has 0 aromatic heterocycles. The fourth-order valence-electron chi connectivity index (χ4n) is 6.40. The van der Waals surface area contributed by atoms with Gasteiger partial charge in [0.15, 0.2) is 6.61 Å². The number of aliphatic hydroxyl groups is 1. The number of fused-ring (bicyclic) bond motifs is 2. The number of carbonyl (C=O) groups is 2. The van der Waals surface area contributed by atoms with E-state index in [1.807, 2.05) is 12.1 Å². The van der Waals surface area contributed by atoms with E-state index in [-0.39, 0.29) is 36.6 Å². The fourth-order valence-corrected chi connectivity index (χ4v) is 6.40. The Morgan fingerprint density at radius 3 is 2.67 bits per heavy atom. The highest BCUT2D eigenvalue weighted by Gasteiger charge is 2.45. The number of carbonyl (C=O) groups excluding carboxylic acids is 1. The standard InChI is InChI=1S/C27H38O6/c1-2-20(33-27(31)17-7-4-3-5-8-17)11-12-21-22-13-18-9-6-10-25(32-16-26(29)30)23(18)14-19(22)15-24(21)28/h6,9-10,17,19-22,24,28H,2-5,7-8,11-16H2,1H3,(H,29,30)/t19-,20-,21+,22-,24+/m0/s1. The molecule has 0 unspecified atom stereocenters. The van der Waals surface area contributed by atoms with Crippen molar-refractivity contribution in [2.45, 2.75) is 89.8 Å². The van der Waals surface area contributed by atoms with Gasteiger partial charge in [-0.15, -0.1) is 0 Å². The van der Waals surface area contributed by atoms with E-state index in [1.54, 1.807) is 0 Å². The summed E-state index contributed by atoms with van der Waals surface area (Å²) in [7, 11) is 0. The Balaban J connectivity index is 1.36. The van der Waals surface area contributed by atoms with Crippen LogP contribution in [0.4, 0.5) is 0 Å². The van der Waals surface area contributed by atoms with E-state index in [0.29, 0.717) is 17.6 Å². The lowest BCUT2D eigenvalue weighted by molar-refractivity contribution is -0.156. The van der Waals surface area contributed by atoms with Crippen LogP contribution < -0.4 is 4.74 Å². The summed E-state index contributed by atoms with van der Waals surface area (Å²) in [4.78, 5) is 23.5. The Labute approximate surface area is 196 Å². The van der Waals surface area contributed by atoms with Crippen LogP contribution in [0.3, 0.4) is 0 Å². The smallest absolute Gasteiger partial charge is 0.341 e. The molecule has 0 spiro atoms. The van der Waals surface area contributed by atoms with Gasteiger partial charge in [0, 0.05) is 0 Å². The van der Waals surface area contributed by atoms with Crippen LogP contribution in [0, 0.1) is 23.7 Å². The fraction of sp³-hybridized carbons (Fsp3) is 0.704. The zero-order valence-corrected chi connectivity index (χ0v) is 19.7. The molecule has 5 atom stereocenters. The second-order valence-electron chi connectivity index (χ2n) is 10.3. The number of carboxylic acids is 1. The number of rotatable bonds is 9. The Morgan fingerprint density at radius 1 is 1.15 bits per heavy atom. The van der Waals surface area contributed by atoms with Gasteiger partial charge in [-0.2, -0.15) is 0 Å². The van der Waals surface area contributed by atoms with E-state index < -0.39 is 5.97 Å². The number of aliphatic carboxylic acids is 1. The second-order valence-corrected chi connectivity index (χ2v) is 10.3. The lowest BCUT2D eigenvalue weighted by atomic mass is 9.73. The summed E-state index contributed by atoms with van der Waals surface area (Å²) >= 11 is 0. The summed E-state index contributed by atoms with van der Waals surface area (Å²) in [6, 6.07) is 5.87. The Kier molecular flexibility index (Phi) is 7.94. The zero-order chi connectivity index (χ0) is 23.4. The summed E-state index contributed by atoms with van der Waals surface area (Å²) in [6.45, 7) is 1.73. The summed E-state index contributed by atoms with van der Waals surface area (Å²) < 4.78 is 11.4. The summed E-state index contributed by atoms with van der Waals surface area (Å²) in [5.74, 6) is 0.702. The highest BCUT2D eigenvalue weighted by atomic mass is 16.5. The molecule has 0 radical (unpaired) electrons. The minimum atomic E-state index is -0.979. The molecule has 182 valence electrons. The van der Waals surface area contributed by atoms with Crippen molar-refractivity contribution in [1.82, 2.24) is 0 Å². The highest BCUT2D eigenvalue weighted by Crippen LogP contribution is 2.48. The minimum Gasteiger partial charge on any atom is -0.482 e. The van der Waals surface area contributed by atoms with E-state index in [4.69, 9.17) is 14.6 Å². The quantitative estimate of drug-likeness (QED) is 0.528. The molecule has 1 aromatic carbocycles. The predicted octanol–water partition coefficient (Wildman–Crippen LogP) is 4.54. The van der Waals surface area contributed by atoms with Gasteiger partial charge < -0.3 is 19.7 Å². The van der Waals surface area contributed by atoms with Crippen LogP contribution in [-0.2, 0) is 27.2 Å². The molecule has 6 heteroatoms. The average Bonchev–Trinajstić information content (AvgIpc) is 3.13. The molecule has 4 rings (SSSR count). The van der Waals surface area contributed by atoms with Crippen molar-refractivity contribution in [2.24, 2.45) is 23.7 Å². The molecule has 0 bridgehead atoms. The number of ether oxygens (including phenoxy) is 2. The molecule has 2 fully saturated rings. The normalized spacial score (nSPS) is 27.9. The van der Waals surface area contributed by atoms with Gasteiger partial charge in [-0.1, -0.05) is 38.3 Å². The number of aliphatic hydroxyl groups excluding tert-OH is 1. The van der Waals surface area contributed by atoms with E-state index in [1.165, 1.54) is 12.0 Å². The summed E-state index contributed by atoms with van der Waals surface area (Å²) in [6.07, 6.45) is 9.90. The first-order valence-corrected chi connectivity index (χ1v) is 12.8. The molecule has 2 saturated carbocycles. The second kappa shape index (κ2) is 10.9. The summed E-state index contributed by atoms with van der Waals surface area (Å²) in [5.41, 5.74) is 2.30. The highest BCUT2D eigenvalue weighted by molar-refractivity contribution is 5.72. The van der Waals surface area contributed by atoms with Crippen molar-refractivity contribution >= 4 is 11.9 Å². The van der Waals surface area contributed by atoms with Gasteiger partial charge >= 0.3 is 11.9 Å². The third-order valence-corrected chi connectivity index (χ3v) is 8.20. The first-order chi connectivity index (χ1) is 16.0. The molecular formula is C27H38O6. The van der Waals surface area contributed by atoms with Gasteiger partial charge in [-0.25, -0.2) is 4.79 Å². The number of hydrogen-bond donors (Lipinski definition) is 2. The number of carboxylic acid groups (broad SMARTS) is 1. The topological polar surface area (TPSA) is 93.1 Å². The van der Waals surface area contributed by atoms with Crippen LogP contribution in [0.5, 0.6) is 5.75 Å². The lowest BCUT2D eigenvalue weighted by Crippen LogP contribution is -2.29. The molecule has 0 aliphatic heterocycles. The molecule has 3 aliphatic carbocycles. The van der Waals surface area contributed by atoms with Crippen molar-refractivity contribution in [3.63, 3.8) is 0 Å². The third-order valence-electron chi connectivity index (χ3n) is 8.20. The van der Waals surface area contributed by atoms with Crippen LogP contribution >= 0.6 is 0 Å². The van der Waals surface area contributed by atoms with Crippen LogP contribution in [0.2, 0.25) is 0 Å². The number of hydrogen-bond acceptors (Lipinski definition) is 5. The number of esters is 1. The predicted molar refractivity (Wildman–Crippen MR) is 124 cm³/mol.